The highest BCUT2D eigenvalue weighted by atomic mass is 32.1. The molecule has 3 aromatic rings. The van der Waals surface area contributed by atoms with Gasteiger partial charge in [0.05, 0.1) is 22.6 Å². The molecule has 0 aliphatic carbocycles. The molecule has 152 valence electrons. The highest BCUT2D eigenvalue weighted by molar-refractivity contribution is 7.20. The normalized spacial score (nSPS) is 13.8. The van der Waals surface area contributed by atoms with Crippen LogP contribution in [0.5, 0.6) is 5.75 Å². The van der Waals surface area contributed by atoms with E-state index in [1.54, 1.807) is 16.5 Å². The summed E-state index contributed by atoms with van der Waals surface area (Å²) in [4.78, 5) is 34.0. The van der Waals surface area contributed by atoms with Crippen LogP contribution in [0.25, 0.3) is 10.2 Å². The molecule has 29 heavy (non-hydrogen) atoms. The maximum Gasteiger partial charge on any atom is 0.268 e. The first-order chi connectivity index (χ1) is 14.0. The standard InChI is InChI=1S/C22H25N3O3S/c1-4-28-16-11-8-7-10-15(16)24(3)22(27)19-14(2)18-20(29-19)23-17-12-6-5-9-13-25(17)21(18)26/h7-8,10-11H,4-6,9,12-13H2,1-3H3. The fourth-order valence-electron chi connectivity index (χ4n) is 3.89. The van der Waals surface area contributed by atoms with Crippen molar-refractivity contribution >= 4 is 33.1 Å². The van der Waals surface area contributed by atoms with Gasteiger partial charge < -0.3 is 9.64 Å². The number of para-hydroxylation sites is 2. The van der Waals surface area contributed by atoms with E-state index in [4.69, 9.17) is 9.72 Å². The molecule has 4 rings (SSSR count). The molecule has 0 saturated carbocycles. The summed E-state index contributed by atoms with van der Waals surface area (Å²) in [5.41, 5.74) is 1.40. The Hall–Kier alpha value is -2.67. The molecule has 0 unspecified atom stereocenters. The fourth-order valence-corrected chi connectivity index (χ4v) is 5.05. The fraction of sp³-hybridized carbons (Fsp3) is 0.409. The molecular weight excluding hydrogens is 386 g/mol. The third-order valence-corrected chi connectivity index (χ3v) is 6.61. The van der Waals surface area contributed by atoms with Crippen LogP contribution in [0.1, 0.15) is 47.2 Å². The average Bonchev–Trinajstić information content (AvgIpc) is 2.89. The summed E-state index contributed by atoms with van der Waals surface area (Å²) in [5.74, 6) is 1.35. The van der Waals surface area contributed by atoms with Gasteiger partial charge in [0.25, 0.3) is 11.5 Å². The second-order valence-corrected chi connectivity index (χ2v) is 8.30. The molecule has 0 radical (unpaired) electrons. The molecule has 0 spiro atoms. The highest BCUT2D eigenvalue weighted by Gasteiger charge is 2.25. The molecule has 6 nitrogen and oxygen atoms in total. The third kappa shape index (κ3) is 3.44. The van der Waals surface area contributed by atoms with Crippen LogP contribution in [-0.4, -0.2) is 29.1 Å². The van der Waals surface area contributed by atoms with Crippen LogP contribution >= 0.6 is 11.3 Å². The molecule has 3 heterocycles. The van der Waals surface area contributed by atoms with E-state index in [-0.39, 0.29) is 11.5 Å². The Bertz CT molecular complexity index is 1130. The second-order valence-electron chi connectivity index (χ2n) is 7.30. The van der Waals surface area contributed by atoms with Crippen LogP contribution in [0, 0.1) is 6.92 Å². The number of nitrogens with zero attached hydrogens (tertiary/aromatic N) is 3. The summed E-state index contributed by atoms with van der Waals surface area (Å²) in [6, 6.07) is 7.48. The molecule has 1 aliphatic rings. The van der Waals surface area contributed by atoms with Crippen molar-refractivity contribution in [3.05, 3.63) is 50.9 Å². The molecular formula is C22H25N3O3S. The van der Waals surface area contributed by atoms with Gasteiger partial charge in [-0.05, 0) is 44.4 Å². The van der Waals surface area contributed by atoms with Gasteiger partial charge in [0, 0.05) is 20.0 Å². The summed E-state index contributed by atoms with van der Waals surface area (Å²) >= 11 is 1.31. The van der Waals surface area contributed by atoms with Gasteiger partial charge in [-0.1, -0.05) is 18.6 Å². The van der Waals surface area contributed by atoms with Gasteiger partial charge in [-0.25, -0.2) is 4.98 Å². The van der Waals surface area contributed by atoms with Gasteiger partial charge in [0.1, 0.15) is 16.4 Å². The number of thiophene rings is 1. The summed E-state index contributed by atoms with van der Waals surface area (Å²) < 4.78 is 7.48. The summed E-state index contributed by atoms with van der Waals surface area (Å²) in [7, 11) is 1.74. The molecule has 0 saturated heterocycles. The Morgan fingerprint density at radius 3 is 2.86 bits per heavy atom. The minimum absolute atomic E-state index is 0.0166. The zero-order chi connectivity index (χ0) is 20.5. The molecule has 0 bridgehead atoms. The number of carbonyl (C=O) groups excluding carboxylic acids is 1. The van der Waals surface area contributed by atoms with E-state index in [9.17, 15) is 9.59 Å². The van der Waals surface area contributed by atoms with E-state index in [2.05, 4.69) is 0 Å². The van der Waals surface area contributed by atoms with Gasteiger partial charge in [0.2, 0.25) is 0 Å². The lowest BCUT2D eigenvalue weighted by Gasteiger charge is -2.20. The van der Waals surface area contributed by atoms with Crippen LogP contribution in [0.2, 0.25) is 0 Å². The van der Waals surface area contributed by atoms with Gasteiger partial charge >= 0.3 is 0 Å². The number of fused-ring (bicyclic) bond motifs is 2. The van der Waals surface area contributed by atoms with Crippen molar-refractivity contribution in [2.45, 2.75) is 46.1 Å². The number of aryl methyl sites for hydroxylation is 2. The minimum atomic E-state index is -0.155. The summed E-state index contributed by atoms with van der Waals surface area (Å²) in [5, 5.41) is 0.579. The van der Waals surface area contributed by atoms with Crippen LogP contribution < -0.4 is 15.2 Å². The number of amides is 1. The van der Waals surface area contributed by atoms with Crippen LogP contribution in [-0.2, 0) is 13.0 Å². The Kier molecular flexibility index (Phi) is 5.41. The predicted molar refractivity (Wildman–Crippen MR) is 117 cm³/mol. The smallest absolute Gasteiger partial charge is 0.268 e. The maximum atomic E-state index is 13.3. The van der Waals surface area contributed by atoms with Gasteiger partial charge in [0.15, 0.2) is 0 Å². The number of ether oxygens (including phenoxy) is 1. The van der Waals surface area contributed by atoms with Crippen molar-refractivity contribution in [3.8, 4) is 5.75 Å². The van der Waals surface area contributed by atoms with Crippen molar-refractivity contribution in [1.82, 2.24) is 9.55 Å². The molecule has 0 N–H and O–H groups in total. The Morgan fingerprint density at radius 2 is 2.07 bits per heavy atom. The van der Waals surface area contributed by atoms with E-state index >= 15 is 0 Å². The SMILES string of the molecule is CCOc1ccccc1N(C)C(=O)c1sc2nc3n(c(=O)c2c1C)CCCCC3. The monoisotopic (exact) mass is 411 g/mol. The van der Waals surface area contributed by atoms with Gasteiger partial charge in [-0.15, -0.1) is 11.3 Å². The molecule has 0 atom stereocenters. The lowest BCUT2D eigenvalue weighted by molar-refractivity contribution is 0.0995. The molecule has 1 amide bonds. The topological polar surface area (TPSA) is 64.4 Å². The number of carbonyl (C=O) groups is 1. The zero-order valence-corrected chi connectivity index (χ0v) is 17.8. The van der Waals surface area contributed by atoms with Crippen molar-refractivity contribution in [2.75, 3.05) is 18.6 Å². The quantitative estimate of drug-likeness (QED) is 0.646. The van der Waals surface area contributed by atoms with Crippen LogP contribution in [0.4, 0.5) is 5.69 Å². The second kappa shape index (κ2) is 7.99. The first-order valence-electron chi connectivity index (χ1n) is 10.1. The number of benzene rings is 1. The lowest BCUT2D eigenvalue weighted by Crippen LogP contribution is -2.27. The molecule has 0 fully saturated rings. The maximum absolute atomic E-state index is 13.3. The summed E-state index contributed by atoms with van der Waals surface area (Å²) in [6.45, 7) is 4.99. The van der Waals surface area contributed by atoms with E-state index in [0.717, 1.165) is 31.5 Å². The van der Waals surface area contributed by atoms with E-state index in [1.165, 1.54) is 11.3 Å². The molecule has 1 aromatic carbocycles. The number of hydrogen-bond donors (Lipinski definition) is 0. The van der Waals surface area contributed by atoms with E-state index in [1.807, 2.05) is 38.1 Å². The molecule has 7 heteroatoms. The average molecular weight is 412 g/mol. The van der Waals surface area contributed by atoms with E-state index in [0.29, 0.717) is 45.2 Å². The Labute approximate surface area is 173 Å². The predicted octanol–water partition coefficient (Wildman–Crippen LogP) is 4.17. The first kappa shape index (κ1) is 19.6. The van der Waals surface area contributed by atoms with E-state index < -0.39 is 0 Å². The number of anilines is 1. The lowest BCUT2D eigenvalue weighted by atomic mass is 10.2. The minimum Gasteiger partial charge on any atom is -0.492 e. The van der Waals surface area contributed by atoms with Gasteiger partial charge in [-0.3, -0.25) is 14.2 Å². The van der Waals surface area contributed by atoms with Crippen LogP contribution in [0.3, 0.4) is 0 Å². The Balaban J connectivity index is 1.78. The summed E-state index contributed by atoms with van der Waals surface area (Å²) in [6.07, 6.45) is 3.97. The first-order valence-corrected chi connectivity index (χ1v) is 10.9. The van der Waals surface area contributed by atoms with Crippen molar-refractivity contribution < 1.29 is 9.53 Å². The number of hydrogen-bond acceptors (Lipinski definition) is 5. The highest BCUT2D eigenvalue weighted by Crippen LogP contribution is 2.33. The van der Waals surface area contributed by atoms with Crippen molar-refractivity contribution in [1.29, 1.82) is 0 Å². The number of aromatic nitrogens is 2. The number of rotatable bonds is 4. The largest absolute Gasteiger partial charge is 0.492 e. The van der Waals surface area contributed by atoms with Gasteiger partial charge in [-0.2, -0.15) is 0 Å². The Morgan fingerprint density at radius 1 is 1.28 bits per heavy atom. The third-order valence-electron chi connectivity index (χ3n) is 5.44. The van der Waals surface area contributed by atoms with Crippen LogP contribution in [0.15, 0.2) is 29.1 Å². The molecule has 2 aromatic heterocycles. The van der Waals surface area contributed by atoms with Crippen molar-refractivity contribution in [2.24, 2.45) is 0 Å². The van der Waals surface area contributed by atoms with Crippen molar-refractivity contribution in [3.63, 3.8) is 0 Å². The zero-order valence-electron chi connectivity index (χ0n) is 17.0. The molecule has 1 aliphatic heterocycles.